The Morgan fingerprint density at radius 3 is 2.66 bits per heavy atom. The molecule has 1 saturated carbocycles. The minimum absolute atomic E-state index is 0.103. The maximum absolute atomic E-state index is 12.3. The first-order valence-corrected chi connectivity index (χ1v) is 10.5. The molecule has 1 aromatic heterocycles. The molecule has 0 radical (unpaired) electrons. The van der Waals surface area contributed by atoms with Crippen molar-refractivity contribution in [2.75, 3.05) is 6.61 Å². The number of amides is 1. The molecule has 1 aliphatic carbocycles. The first kappa shape index (κ1) is 22.7. The molecule has 2 rings (SSSR count). The number of nitrogens with zero attached hydrogens (tertiary/aromatic N) is 2. The zero-order valence-electron chi connectivity index (χ0n) is 18.2. The van der Waals surface area contributed by atoms with Crippen LogP contribution >= 0.6 is 0 Å². The van der Waals surface area contributed by atoms with Crippen LogP contribution in [0.5, 0.6) is 0 Å². The largest absolute Gasteiger partial charge is 0.451 e. The maximum Gasteiger partial charge on any atom is 0.349 e. The Kier molecular flexibility index (Phi) is 8.07. The van der Waals surface area contributed by atoms with Crippen LogP contribution < -0.4 is 5.32 Å². The highest BCUT2D eigenvalue weighted by Crippen LogP contribution is 2.23. The van der Waals surface area contributed by atoms with Crippen molar-refractivity contribution in [2.24, 2.45) is 11.8 Å². The molecular weight excluding hydrogens is 366 g/mol. The van der Waals surface area contributed by atoms with E-state index < -0.39 is 5.97 Å². The van der Waals surface area contributed by atoms with Gasteiger partial charge in [0.1, 0.15) is 11.6 Å². The summed E-state index contributed by atoms with van der Waals surface area (Å²) in [6, 6.07) is 3.99. The van der Waals surface area contributed by atoms with Crippen LogP contribution in [0.1, 0.15) is 63.4 Å². The Labute approximate surface area is 173 Å². The molecule has 1 N–H and O–H groups in total. The number of rotatable bonds is 7. The SMILES string of the molecule is Cc1cc(/C=C(\C#N)C(=O)OCC(=O)N[C@@H]2CCCC[C@@H]2C)c(C)n1CC(C)C. The fourth-order valence-corrected chi connectivity index (χ4v) is 3.90. The summed E-state index contributed by atoms with van der Waals surface area (Å²) in [6.45, 7) is 10.9. The van der Waals surface area contributed by atoms with Crippen LogP contribution in [0.3, 0.4) is 0 Å². The molecule has 0 bridgehead atoms. The van der Waals surface area contributed by atoms with Crippen molar-refractivity contribution in [3.05, 3.63) is 28.6 Å². The van der Waals surface area contributed by atoms with Gasteiger partial charge in [0.05, 0.1) is 0 Å². The number of carbonyl (C=O) groups is 2. The van der Waals surface area contributed by atoms with Crippen molar-refractivity contribution in [3.8, 4) is 6.07 Å². The second-order valence-corrected chi connectivity index (χ2v) is 8.51. The van der Waals surface area contributed by atoms with Gasteiger partial charge in [-0.3, -0.25) is 4.79 Å². The Balaban J connectivity index is 2.00. The molecule has 6 heteroatoms. The monoisotopic (exact) mass is 399 g/mol. The fourth-order valence-electron chi connectivity index (χ4n) is 3.90. The second kappa shape index (κ2) is 10.3. The van der Waals surface area contributed by atoms with Crippen LogP contribution in [0.25, 0.3) is 6.08 Å². The minimum atomic E-state index is -0.770. The molecule has 29 heavy (non-hydrogen) atoms. The van der Waals surface area contributed by atoms with E-state index in [2.05, 4.69) is 30.7 Å². The van der Waals surface area contributed by atoms with Gasteiger partial charge in [0.15, 0.2) is 6.61 Å². The number of esters is 1. The number of hydrogen-bond donors (Lipinski definition) is 1. The number of aryl methyl sites for hydroxylation is 1. The number of carbonyl (C=O) groups excluding carboxylic acids is 2. The van der Waals surface area contributed by atoms with E-state index in [0.29, 0.717) is 11.8 Å². The molecular formula is C23H33N3O3. The van der Waals surface area contributed by atoms with E-state index in [-0.39, 0.29) is 24.1 Å². The zero-order chi connectivity index (χ0) is 21.6. The quantitative estimate of drug-likeness (QED) is 0.428. The highest BCUT2D eigenvalue weighted by molar-refractivity contribution is 5.99. The van der Waals surface area contributed by atoms with Gasteiger partial charge < -0.3 is 14.6 Å². The summed E-state index contributed by atoms with van der Waals surface area (Å²) in [5.74, 6) is -0.168. The lowest BCUT2D eigenvalue weighted by molar-refractivity contribution is -0.144. The molecule has 6 nitrogen and oxygen atoms in total. The highest BCUT2D eigenvalue weighted by atomic mass is 16.5. The molecule has 0 aliphatic heterocycles. The first-order valence-electron chi connectivity index (χ1n) is 10.5. The number of aromatic nitrogens is 1. The molecule has 1 heterocycles. The van der Waals surface area contributed by atoms with Crippen LogP contribution in [0.2, 0.25) is 0 Å². The number of nitrogens with one attached hydrogen (secondary N) is 1. The van der Waals surface area contributed by atoms with E-state index in [1.165, 1.54) is 6.42 Å². The van der Waals surface area contributed by atoms with E-state index in [1.807, 2.05) is 26.0 Å². The summed E-state index contributed by atoms with van der Waals surface area (Å²) in [7, 11) is 0. The third kappa shape index (κ3) is 6.22. The van der Waals surface area contributed by atoms with E-state index in [0.717, 1.165) is 42.8 Å². The third-order valence-corrected chi connectivity index (χ3v) is 5.59. The zero-order valence-corrected chi connectivity index (χ0v) is 18.2. The van der Waals surface area contributed by atoms with E-state index in [4.69, 9.17) is 4.74 Å². The lowest BCUT2D eigenvalue weighted by atomic mass is 9.86. The van der Waals surface area contributed by atoms with Crippen molar-refractivity contribution in [3.63, 3.8) is 0 Å². The van der Waals surface area contributed by atoms with Crippen molar-refractivity contribution in [2.45, 2.75) is 72.9 Å². The molecule has 0 unspecified atom stereocenters. The van der Waals surface area contributed by atoms with Gasteiger partial charge in [0.25, 0.3) is 5.91 Å². The van der Waals surface area contributed by atoms with Gasteiger partial charge in [0, 0.05) is 24.0 Å². The van der Waals surface area contributed by atoms with Gasteiger partial charge in [0.2, 0.25) is 0 Å². The van der Waals surface area contributed by atoms with Crippen LogP contribution in [0, 0.1) is 37.0 Å². The standard InChI is InChI=1S/C23H33N3O3/c1-15(2)13-26-17(4)10-19(18(26)5)11-20(12-24)23(28)29-14-22(27)25-21-9-7-6-8-16(21)3/h10-11,15-16,21H,6-9,13-14H2,1-5H3,(H,25,27)/b20-11+/t16-,21+/m0/s1. The Morgan fingerprint density at radius 2 is 2.03 bits per heavy atom. The van der Waals surface area contributed by atoms with E-state index in [1.54, 1.807) is 6.08 Å². The molecule has 1 amide bonds. The second-order valence-electron chi connectivity index (χ2n) is 8.51. The van der Waals surface area contributed by atoms with E-state index >= 15 is 0 Å². The normalized spacial score (nSPS) is 19.7. The van der Waals surface area contributed by atoms with Crippen LogP contribution in [0.15, 0.2) is 11.6 Å². The summed E-state index contributed by atoms with van der Waals surface area (Å²) in [5, 5.41) is 12.4. The smallest absolute Gasteiger partial charge is 0.349 e. The molecule has 0 aromatic carbocycles. The molecule has 1 aliphatic rings. The molecule has 0 spiro atoms. The van der Waals surface area contributed by atoms with E-state index in [9.17, 15) is 14.9 Å². The summed E-state index contributed by atoms with van der Waals surface area (Å²) in [4.78, 5) is 24.5. The van der Waals surface area contributed by atoms with Gasteiger partial charge in [-0.05, 0) is 56.2 Å². The molecule has 158 valence electrons. The van der Waals surface area contributed by atoms with Gasteiger partial charge in [-0.1, -0.05) is 33.6 Å². The van der Waals surface area contributed by atoms with Crippen LogP contribution in [-0.4, -0.2) is 29.1 Å². The fraction of sp³-hybridized carbons (Fsp3) is 0.609. The number of nitriles is 1. The Bertz CT molecular complexity index is 814. The minimum Gasteiger partial charge on any atom is -0.451 e. The molecule has 2 atom stereocenters. The summed E-state index contributed by atoms with van der Waals surface area (Å²) < 4.78 is 7.27. The van der Waals surface area contributed by atoms with Crippen LogP contribution in [-0.2, 0) is 20.9 Å². The highest BCUT2D eigenvalue weighted by Gasteiger charge is 2.23. The molecule has 1 fully saturated rings. The predicted molar refractivity (Wildman–Crippen MR) is 113 cm³/mol. The number of hydrogen-bond acceptors (Lipinski definition) is 4. The van der Waals surface area contributed by atoms with Gasteiger partial charge in [-0.2, -0.15) is 5.26 Å². The number of ether oxygens (including phenoxy) is 1. The van der Waals surface area contributed by atoms with Crippen LogP contribution in [0.4, 0.5) is 0 Å². The molecule has 1 aromatic rings. The summed E-state index contributed by atoms with van der Waals surface area (Å²) in [5.41, 5.74) is 2.79. The molecule has 0 saturated heterocycles. The van der Waals surface area contributed by atoms with Gasteiger partial charge >= 0.3 is 5.97 Å². The topological polar surface area (TPSA) is 84.1 Å². The predicted octanol–water partition coefficient (Wildman–Crippen LogP) is 3.91. The van der Waals surface area contributed by atoms with Crippen molar-refractivity contribution < 1.29 is 14.3 Å². The first-order chi connectivity index (χ1) is 13.7. The third-order valence-electron chi connectivity index (χ3n) is 5.59. The summed E-state index contributed by atoms with van der Waals surface area (Å²) in [6.07, 6.45) is 5.89. The van der Waals surface area contributed by atoms with Crippen molar-refractivity contribution in [1.29, 1.82) is 5.26 Å². The van der Waals surface area contributed by atoms with Crippen molar-refractivity contribution in [1.82, 2.24) is 9.88 Å². The summed E-state index contributed by atoms with van der Waals surface area (Å²) >= 11 is 0. The van der Waals surface area contributed by atoms with Gasteiger partial charge in [-0.25, -0.2) is 4.79 Å². The Hall–Kier alpha value is -2.55. The van der Waals surface area contributed by atoms with Crippen molar-refractivity contribution >= 4 is 18.0 Å². The Morgan fingerprint density at radius 1 is 1.34 bits per heavy atom. The average molecular weight is 400 g/mol. The lowest BCUT2D eigenvalue weighted by Gasteiger charge is -2.29. The maximum atomic E-state index is 12.3. The van der Waals surface area contributed by atoms with Gasteiger partial charge in [-0.15, -0.1) is 0 Å². The lowest BCUT2D eigenvalue weighted by Crippen LogP contribution is -2.42. The average Bonchev–Trinajstić information content (AvgIpc) is 2.93.